The van der Waals surface area contributed by atoms with Crippen molar-refractivity contribution in [1.29, 1.82) is 0 Å². The first-order chi connectivity index (χ1) is 12.2. The second-order valence-electron chi connectivity index (χ2n) is 6.45. The van der Waals surface area contributed by atoms with E-state index >= 15 is 0 Å². The van der Waals surface area contributed by atoms with Crippen LogP contribution in [0.1, 0.15) is 32.8 Å². The Balaban J connectivity index is 2.02. The van der Waals surface area contributed by atoms with Crippen molar-refractivity contribution in [2.45, 2.75) is 33.6 Å². The van der Waals surface area contributed by atoms with Gasteiger partial charge in [-0.25, -0.2) is 0 Å². The second-order valence-corrected chi connectivity index (χ2v) is 6.45. The highest BCUT2D eigenvalue weighted by molar-refractivity contribution is 5.51. The molecule has 1 aliphatic rings. The lowest BCUT2D eigenvalue weighted by Crippen LogP contribution is -2.44. The highest BCUT2D eigenvalue weighted by Gasteiger charge is 2.15. The number of benzene rings is 1. The summed E-state index contributed by atoms with van der Waals surface area (Å²) in [5, 5.41) is 0. The molecule has 5 nitrogen and oxygen atoms in total. The summed E-state index contributed by atoms with van der Waals surface area (Å²) < 4.78 is 17.4. The number of ether oxygens (including phenoxy) is 3. The molecular formula is C20H34N2O3. The fourth-order valence-corrected chi connectivity index (χ4v) is 3.17. The molecule has 5 heteroatoms. The van der Waals surface area contributed by atoms with Crippen molar-refractivity contribution in [3.05, 3.63) is 17.7 Å². The van der Waals surface area contributed by atoms with Crippen LogP contribution in [0.5, 0.6) is 17.2 Å². The Hall–Kier alpha value is -1.46. The minimum Gasteiger partial charge on any atom is -0.493 e. The van der Waals surface area contributed by atoms with Gasteiger partial charge in [-0.3, -0.25) is 0 Å². The zero-order chi connectivity index (χ0) is 18.1. The molecule has 0 aliphatic carbocycles. The summed E-state index contributed by atoms with van der Waals surface area (Å²) in [6.45, 7) is 13.7. The van der Waals surface area contributed by atoms with Gasteiger partial charge in [-0.15, -0.1) is 0 Å². The average Bonchev–Trinajstić information content (AvgIpc) is 2.60. The van der Waals surface area contributed by atoms with Crippen molar-refractivity contribution in [2.24, 2.45) is 0 Å². The summed E-state index contributed by atoms with van der Waals surface area (Å²) in [4.78, 5) is 4.95. The Morgan fingerprint density at radius 1 is 0.800 bits per heavy atom. The topological polar surface area (TPSA) is 34.2 Å². The minimum atomic E-state index is 0.619. The maximum atomic E-state index is 5.86. The van der Waals surface area contributed by atoms with Gasteiger partial charge in [-0.05, 0) is 58.8 Å². The Labute approximate surface area is 152 Å². The molecule has 0 unspecified atom stereocenters. The Bertz CT molecular complexity index is 514. The molecule has 142 valence electrons. The van der Waals surface area contributed by atoms with Gasteiger partial charge in [0.25, 0.3) is 0 Å². The van der Waals surface area contributed by atoms with Crippen LogP contribution in [0.2, 0.25) is 0 Å². The molecule has 0 aromatic heterocycles. The molecule has 0 spiro atoms. The number of rotatable bonds is 10. The minimum absolute atomic E-state index is 0.619. The van der Waals surface area contributed by atoms with Crippen molar-refractivity contribution in [3.8, 4) is 17.2 Å². The number of likely N-dealkylation sites (N-methyl/N-ethyl adjacent to an activating group) is 1. The SMILES string of the molecule is CCOc1cc(OCC)c(OCC)cc1CCCN1CCN(C)CC1. The molecule has 1 heterocycles. The van der Waals surface area contributed by atoms with Crippen LogP contribution in [0, 0.1) is 0 Å². The maximum absolute atomic E-state index is 5.86. The van der Waals surface area contributed by atoms with E-state index in [2.05, 4.69) is 22.9 Å². The predicted octanol–water partition coefficient (Wildman–Crippen LogP) is 3.06. The van der Waals surface area contributed by atoms with E-state index in [1.54, 1.807) is 0 Å². The van der Waals surface area contributed by atoms with E-state index in [1.165, 1.54) is 31.7 Å². The number of hydrogen-bond acceptors (Lipinski definition) is 5. The fourth-order valence-electron chi connectivity index (χ4n) is 3.17. The molecule has 0 N–H and O–H groups in total. The molecule has 2 rings (SSSR count). The molecular weight excluding hydrogens is 316 g/mol. The van der Waals surface area contributed by atoms with Gasteiger partial charge >= 0.3 is 0 Å². The average molecular weight is 351 g/mol. The highest BCUT2D eigenvalue weighted by Crippen LogP contribution is 2.36. The van der Waals surface area contributed by atoms with Crippen LogP contribution in [0.3, 0.4) is 0 Å². The lowest BCUT2D eigenvalue weighted by atomic mass is 10.1. The third kappa shape index (κ3) is 6.08. The third-order valence-electron chi connectivity index (χ3n) is 4.54. The first kappa shape index (κ1) is 19.9. The molecule has 1 aromatic rings. The molecule has 0 atom stereocenters. The van der Waals surface area contributed by atoms with E-state index in [9.17, 15) is 0 Å². The molecule has 0 amide bonds. The zero-order valence-corrected chi connectivity index (χ0v) is 16.3. The van der Waals surface area contributed by atoms with Gasteiger partial charge in [0.05, 0.1) is 19.8 Å². The van der Waals surface area contributed by atoms with Gasteiger partial charge in [-0.1, -0.05) is 0 Å². The molecule has 1 aliphatic heterocycles. The molecule has 0 radical (unpaired) electrons. The van der Waals surface area contributed by atoms with E-state index in [1.807, 2.05) is 26.8 Å². The van der Waals surface area contributed by atoms with E-state index in [4.69, 9.17) is 14.2 Å². The summed E-state index contributed by atoms with van der Waals surface area (Å²) in [5.41, 5.74) is 1.21. The lowest BCUT2D eigenvalue weighted by Gasteiger charge is -2.32. The van der Waals surface area contributed by atoms with Crippen LogP contribution in [0.15, 0.2) is 12.1 Å². The molecule has 1 aromatic carbocycles. The summed E-state index contributed by atoms with van der Waals surface area (Å²) in [6.07, 6.45) is 2.12. The zero-order valence-electron chi connectivity index (χ0n) is 16.3. The van der Waals surface area contributed by atoms with Crippen LogP contribution in [0.25, 0.3) is 0 Å². The largest absolute Gasteiger partial charge is 0.493 e. The van der Waals surface area contributed by atoms with Crippen molar-refractivity contribution < 1.29 is 14.2 Å². The Morgan fingerprint density at radius 3 is 1.96 bits per heavy atom. The maximum Gasteiger partial charge on any atom is 0.164 e. The highest BCUT2D eigenvalue weighted by atomic mass is 16.5. The van der Waals surface area contributed by atoms with Gasteiger partial charge in [0.2, 0.25) is 0 Å². The van der Waals surface area contributed by atoms with E-state index < -0.39 is 0 Å². The van der Waals surface area contributed by atoms with Gasteiger partial charge in [0.1, 0.15) is 5.75 Å². The summed E-state index contributed by atoms with van der Waals surface area (Å²) >= 11 is 0. The number of nitrogens with zero attached hydrogens (tertiary/aromatic N) is 2. The van der Waals surface area contributed by atoms with Gasteiger partial charge in [0, 0.05) is 32.2 Å². The molecule has 0 saturated carbocycles. The Morgan fingerprint density at radius 2 is 1.36 bits per heavy atom. The van der Waals surface area contributed by atoms with E-state index in [0.29, 0.717) is 19.8 Å². The quantitative estimate of drug-likeness (QED) is 0.648. The second kappa shape index (κ2) is 10.5. The third-order valence-corrected chi connectivity index (χ3v) is 4.54. The smallest absolute Gasteiger partial charge is 0.164 e. The first-order valence-corrected chi connectivity index (χ1v) is 9.64. The van der Waals surface area contributed by atoms with Crippen LogP contribution < -0.4 is 14.2 Å². The summed E-state index contributed by atoms with van der Waals surface area (Å²) in [7, 11) is 2.20. The van der Waals surface area contributed by atoms with Crippen LogP contribution in [0.4, 0.5) is 0 Å². The standard InChI is InChI=1S/C20H34N2O3/c1-5-23-18-16-20(25-7-3)19(24-6-2)15-17(18)9-8-10-22-13-11-21(4)12-14-22/h15-16H,5-14H2,1-4H3. The fraction of sp³-hybridized carbons (Fsp3) is 0.700. The normalized spacial score (nSPS) is 16.0. The van der Waals surface area contributed by atoms with Crippen LogP contribution >= 0.6 is 0 Å². The lowest BCUT2D eigenvalue weighted by molar-refractivity contribution is 0.153. The summed E-state index contributed by atoms with van der Waals surface area (Å²) in [5.74, 6) is 2.52. The van der Waals surface area contributed by atoms with Crippen molar-refractivity contribution in [3.63, 3.8) is 0 Å². The van der Waals surface area contributed by atoms with Gasteiger partial charge in [0.15, 0.2) is 11.5 Å². The number of hydrogen-bond donors (Lipinski definition) is 0. The van der Waals surface area contributed by atoms with E-state index in [-0.39, 0.29) is 0 Å². The van der Waals surface area contributed by atoms with Gasteiger partial charge < -0.3 is 24.0 Å². The van der Waals surface area contributed by atoms with Crippen molar-refractivity contribution in [2.75, 3.05) is 59.6 Å². The Kier molecular flexibility index (Phi) is 8.35. The molecule has 0 bridgehead atoms. The van der Waals surface area contributed by atoms with Gasteiger partial charge in [-0.2, -0.15) is 0 Å². The molecule has 1 saturated heterocycles. The van der Waals surface area contributed by atoms with Crippen molar-refractivity contribution in [1.82, 2.24) is 9.80 Å². The monoisotopic (exact) mass is 350 g/mol. The summed E-state index contributed by atoms with van der Waals surface area (Å²) in [6, 6.07) is 4.09. The number of aryl methyl sites for hydroxylation is 1. The predicted molar refractivity (Wildman–Crippen MR) is 102 cm³/mol. The molecule has 25 heavy (non-hydrogen) atoms. The van der Waals surface area contributed by atoms with Crippen LogP contribution in [-0.2, 0) is 6.42 Å². The number of piperazine rings is 1. The van der Waals surface area contributed by atoms with E-state index in [0.717, 1.165) is 36.6 Å². The first-order valence-electron chi connectivity index (χ1n) is 9.64. The van der Waals surface area contributed by atoms with Crippen molar-refractivity contribution >= 4 is 0 Å². The molecule has 1 fully saturated rings. The van der Waals surface area contributed by atoms with Crippen LogP contribution in [-0.4, -0.2) is 69.4 Å².